The molecule has 7 heteroatoms. The molecule has 2 aromatic rings. The highest BCUT2D eigenvalue weighted by Crippen LogP contribution is 2.27. The number of guanidine groups is 1. The molecule has 26 heavy (non-hydrogen) atoms. The summed E-state index contributed by atoms with van der Waals surface area (Å²) in [6.45, 7) is 1.42. The number of ether oxygens (including phenoxy) is 2. The van der Waals surface area contributed by atoms with E-state index in [2.05, 4.69) is 15.6 Å². The highest BCUT2D eigenvalue weighted by atomic mass is 127. The van der Waals surface area contributed by atoms with Crippen LogP contribution in [-0.4, -0.2) is 33.8 Å². The molecule has 2 N–H and O–H groups in total. The van der Waals surface area contributed by atoms with Crippen molar-refractivity contribution >= 4 is 41.5 Å². The molecule has 0 bridgehead atoms. The van der Waals surface area contributed by atoms with Gasteiger partial charge in [-0.15, -0.1) is 24.0 Å². The Morgan fingerprint density at radius 3 is 2.42 bits per heavy atom. The third kappa shape index (κ3) is 6.92. The van der Waals surface area contributed by atoms with Gasteiger partial charge in [0.1, 0.15) is 0 Å². The maximum Gasteiger partial charge on any atom is 0.191 e. The molecule has 0 aliphatic heterocycles. The third-order valence-electron chi connectivity index (χ3n) is 3.73. The molecule has 0 aliphatic carbocycles. The molecule has 0 radical (unpaired) electrons. The van der Waals surface area contributed by atoms with Crippen LogP contribution in [0.4, 0.5) is 0 Å². The van der Waals surface area contributed by atoms with E-state index in [9.17, 15) is 0 Å². The number of aliphatic imine (C=N–C) groups is 1. The summed E-state index contributed by atoms with van der Waals surface area (Å²) in [7, 11) is 5.03. The van der Waals surface area contributed by atoms with Crippen LogP contribution in [0.1, 0.15) is 11.1 Å². The van der Waals surface area contributed by atoms with Gasteiger partial charge in [-0.25, -0.2) is 0 Å². The van der Waals surface area contributed by atoms with Crippen molar-refractivity contribution in [2.45, 2.75) is 13.0 Å². The molecule has 0 amide bonds. The van der Waals surface area contributed by atoms with E-state index in [1.54, 1.807) is 21.3 Å². The fourth-order valence-electron chi connectivity index (χ4n) is 2.41. The van der Waals surface area contributed by atoms with Crippen LogP contribution in [-0.2, 0) is 13.0 Å². The van der Waals surface area contributed by atoms with Gasteiger partial charge in [0.15, 0.2) is 17.5 Å². The first-order valence-electron chi connectivity index (χ1n) is 8.06. The summed E-state index contributed by atoms with van der Waals surface area (Å²) in [6.07, 6.45) is 0.845. The SMILES string of the molecule is CN=C(NCCc1ccc(OC)c(OC)c1)NCc1cccc(Cl)c1.I. The molecule has 0 atom stereocenters. The van der Waals surface area contributed by atoms with Crippen molar-refractivity contribution in [1.29, 1.82) is 0 Å². The van der Waals surface area contributed by atoms with Gasteiger partial charge in [0.2, 0.25) is 0 Å². The van der Waals surface area contributed by atoms with Crippen molar-refractivity contribution in [2.75, 3.05) is 27.8 Å². The molecule has 0 saturated heterocycles. The quantitative estimate of drug-likeness (QED) is 0.352. The monoisotopic (exact) mass is 489 g/mol. The topological polar surface area (TPSA) is 54.9 Å². The van der Waals surface area contributed by atoms with E-state index in [1.165, 1.54) is 0 Å². The fourth-order valence-corrected chi connectivity index (χ4v) is 2.63. The lowest BCUT2D eigenvalue weighted by atomic mass is 10.1. The van der Waals surface area contributed by atoms with Crippen LogP contribution in [0.2, 0.25) is 5.02 Å². The minimum absolute atomic E-state index is 0. The second kappa shape index (κ2) is 11.9. The predicted octanol–water partition coefficient (Wildman–Crippen LogP) is 3.88. The Morgan fingerprint density at radius 2 is 1.77 bits per heavy atom. The highest BCUT2D eigenvalue weighted by Gasteiger charge is 2.05. The number of nitrogens with one attached hydrogen (secondary N) is 2. The Kier molecular flexibility index (Phi) is 10.2. The van der Waals surface area contributed by atoms with Crippen LogP contribution in [0.5, 0.6) is 11.5 Å². The Hall–Kier alpha value is -1.67. The molecule has 0 spiro atoms. The Morgan fingerprint density at radius 1 is 1.00 bits per heavy atom. The van der Waals surface area contributed by atoms with Gasteiger partial charge in [-0.3, -0.25) is 4.99 Å². The Labute approximate surface area is 177 Å². The minimum atomic E-state index is 0. The second-order valence-corrected chi connectivity index (χ2v) is 5.86. The summed E-state index contributed by atoms with van der Waals surface area (Å²) in [5, 5.41) is 7.31. The number of nitrogens with zero attached hydrogens (tertiary/aromatic N) is 1. The first kappa shape index (κ1) is 22.4. The van der Waals surface area contributed by atoms with Gasteiger partial charge in [0.05, 0.1) is 14.2 Å². The van der Waals surface area contributed by atoms with E-state index < -0.39 is 0 Å². The van der Waals surface area contributed by atoms with E-state index in [0.717, 1.165) is 46.6 Å². The van der Waals surface area contributed by atoms with Gasteiger partial charge >= 0.3 is 0 Å². The normalized spacial score (nSPS) is 10.7. The summed E-state index contributed by atoms with van der Waals surface area (Å²) in [4.78, 5) is 4.23. The zero-order valence-corrected chi connectivity index (χ0v) is 18.3. The average molecular weight is 490 g/mol. The van der Waals surface area contributed by atoms with Crippen LogP contribution < -0.4 is 20.1 Å². The molecule has 2 aromatic carbocycles. The van der Waals surface area contributed by atoms with Crippen molar-refractivity contribution in [1.82, 2.24) is 10.6 Å². The van der Waals surface area contributed by atoms with Gasteiger partial charge < -0.3 is 20.1 Å². The fraction of sp³-hybridized carbons (Fsp3) is 0.316. The Balaban J connectivity index is 0.00000338. The zero-order valence-electron chi connectivity index (χ0n) is 15.2. The molecular formula is C19H25ClIN3O2. The molecule has 5 nitrogen and oxygen atoms in total. The van der Waals surface area contributed by atoms with Gasteiger partial charge in [-0.2, -0.15) is 0 Å². The lowest BCUT2D eigenvalue weighted by Gasteiger charge is -2.13. The molecule has 0 fully saturated rings. The van der Waals surface area contributed by atoms with Crippen LogP contribution in [0.15, 0.2) is 47.5 Å². The van der Waals surface area contributed by atoms with Gasteiger partial charge in [0.25, 0.3) is 0 Å². The van der Waals surface area contributed by atoms with Crippen LogP contribution in [0.25, 0.3) is 0 Å². The van der Waals surface area contributed by atoms with Gasteiger partial charge in [0, 0.05) is 25.2 Å². The molecule has 0 unspecified atom stereocenters. The van der Waals surface area contributed by atoms with Gasteiger partial charge in [-0.05, 0) is 41.8 Å². The van der Waals surface area contributed by atoms with Crippen LogP contribution >= 0.6 is 35.6 Å². The van der Waals surface area contributed by atoms with E-state index in [-0.39, 0.29) is 24.0 Å². The largest absolute Gasteiger partial charge is 0.493 e. The number of halogens is 2. The first-order chi connectivity index (χ1) is 12.2. The minimum Gasteiger partial charge on any atom is -0.493 e. The van der Waals surface area contributed by atoms with E-state index in [4.69, 9.17) is 21.1 Å². The summed E-state index contributed by atoms with van der Waals surface area (Å²) < 4.78 is 10.6. The summed E-state index contributed by atoms with van der Waals surface area (Å²) in [5.74, 6) is 2.22. The average Bonchev–Trinajstić information content (AvgIpc) is 2.64. The van der Waals surface area contributed by atoms with E-state index in [0.29, 0.717) is 6.54 Å². The van der Waals surface area contributed by atoms with E-state index in [1.807, 2.05) is 42.5 Å². The van der Waals surface area contributed by atoms with Crippen molar-refractivity contribution in [3.05, 3.63) is 58.6 Å². The van der Waals surface area contributed by atoms with Crippen molar-refractivity contribution < 1.29 is 9.47 Å². The summed E-state index contributed by atoms with van der Waals surface area (Å²) in [5.41, 5.74) is 2.27. The lowest BCUT2D eigenvalue weighted by Crippen LogP contribution is -2.37. The van der Waals surface area contributed by atoms with Crippen molar-refractivity contribution in [3.8, 4) is 11.5 Å². The first-order valence-corrected chi connectivity index (χ1v) is 8.44. The molecule has 0 aromatic heterocycles. The number of methoxy groups -OCH3 is 2. The maximum absolute atomic E-state index is 6.00. The highest BCUT2D eigenvalue weighted by molar-refractivity contribution is 14.0. The molecule has 2 rings (SSSR count). The maximum atomic E-state index is 6.00. The smallest absolute Gasteiger partial charge is 0.191 e. The number of hydrogen-bond donors (Lipinski definition) is 2. The summed E-state index contributed by atoms with van der Waals surface area (Å²) >= 11 is 6.00. The third-order valence-corrected chi connectivity index (χ3v) is 3.96. The molecule has 142 valence electrons. The summed E-state index contributed by atoms with van der Waals surface area (Å²) in [6, 6.07) is 13.7. The van der Waals surface area contributed by atoms with Crippen LogP contribution in [0.3, 0.4) is 0 Å². The van der Waals surface area contributed by atoms with Crippen molar-refractivity contribution in [2.24, 2.45) is 4.99 Å². The predicted molar refractivity (Wildman–Crippen MR) is 118 cm³/mol. The lowest BCUT2D eigenvalue weighted by molar-refractivity contribution is 0.354. The molecule has 0 heterocycles. The van der Waals surface area contributed by atoms with Crippen molar-refractivity contribution in [3.63, 3.8) is 0 Å². The van der Waals surface area contributed by atoms with Gasteiger partial charge in [-0.1, -0.05) is 29.8 Å². The number of rotatable bonds is 7. The molecule has 0 saturated carbocycles. The molecule has 0 aliphatic rings. The second-order valence-electron chi connectivity index (χ2n) is 5.42. The Bertz CT molecular complexity index is 726. The zero-order chi connectivity index (χ0) is 18.1. The number of hydrogen-bond acceptors (Lipinski definition) is 3. The standard InChI is InChI=1S/C19H24ClN3O2.HI/c1-21-19(23-13-15-5-4-6-16(20)11-15)22-10-9-14-7-8-17(24-2)18(12-14)25-3;/h4-8,11-12H,9-10,13H2,1-3H3,(H2,21,22,23);1H. The number of benzene rings is 2. The van der Waals surface area contributed by atoms with E-state index >= 15 is 0 Å². The molecular weight excluding hydrogens is 465 g/mol. The van der Waals surface area contributed by atoms with Crippen LogP contribution in [0, 0.1) is 0 Å².